The van der Waals surface area contributed by atoms with Crippen molar-refractivity contribution in [2.24, 2.45) is 5.84 Å². The molecule has 0 atom stereocenters. The average molecular weight is 146 g/mol. The van der Waals surface area contributed by atoms with Gasteiger partial charge in [0.25, 0.3) is 0 Å². The van der Waals surface area contributed by atoms with E-state index in [0.29, 0.717) is 11.7 Å². The highest BCUT2D eigenvalue weighted by Crippen LogP contribution is 1.57. The van der Waals surface area contributed by atoms with Gasteiger partial charge in [-0.05, 0) is 12.2 Å². The molecule has 0 fully saturated rings. The van der Waals surface area contributed by atoms with Crippen molar-refractivity contribution in [2.45, 2.75) is 0 Å². The number of nitrogens with one attached hydrogen (secondary N) is 3. The standard InChI is InChI=1S/C4H10N4S/c1-2-3-6-8-4(9)7-5/h2,6H,1,3,5H2,(H2,7,8,9). The van der Waals surface area contributed by atoms with Gasteiger partial charge in [0.05, 0.1) is 0 Å². The summed E-state index contributed by atoms with van der Waals surface area (Å²) in [6.45, 7) is 4.13. The summed E-state index contributed by atoms with van der Waals surface area (Å²) in [6, 6.07) is 0. The van der Waals surface area contributed by atoms with Crippen LogP contribution in [0, 0.1) is 0 Å². The number of hydrogen-bond acceptors (Lipinski definition) is 3. The van der Waals surface area contributed by atoms with Crippen molar-refractivity contribution in [3.05, 3.63) is 12.7 Å². The third-order valence-electron chi connectivity index (χ3n) is 0.579. The molecule has 0 aliphatic rings. The lowest BCUT2D eigenvalue weighted by atomic mass is 10.7. The Morgan fingerprint density at radius 1 is 1.78 bits per heavy atom. The van der Waals surface area contributed by atoms with E-state index in [0.717, 1.165) is 0 Å². The molecule has 0 rings (SSSR count). The maximum absolute atomic E-state index is 4.93. The molecule has 0 radical (unpaired) electrons. The van der Waals surface area contributed by atoms with Crippen LogP contribution in [0.4, 0.5) is 0 Å². The molecule has 4 nitrogen and oxygen atoms in total. The number of thiocarbonyl (C=S) groups is 1. The van der Waals surface area contributed by atoms with Gasteiger partial charge in [0.15, 0.2) is 5.11 Å². The molecule has 0 aromatic rings. The number of rotatable bonds is 3. The van der Waals surface area contributed by atoms with Crippen molar-refractivity contribution >= 4 is 17.3 Å². The molecule has 0 saturated carbocycles. The van der Waals surface area contributed by atoms with Gasteiger partial charge in [0, 0.05) is 6.54 Å². The molecule has 5 N–H and O–H groups in total. The summed E-state index contributed by atoms with van der Waals surface area (Å²) in [5.74, 6) is 4.93. The first-order chi connectivity index (χ1) is 4.31. The Balaban J connectivity index is 3.06. The van der Waals surface area contributed by atoms with Gasteiger partial charge in [0.2, 0.25) is 0 Å². The zero-order valence-electron chi connectivity index (χ0n) is 4.98. The molecule has 52 valence electrons. The van der Waals surface area contributed by atoms with Crippen molar-refractivity contribution in [3.63, 3.8) is 0 Å². The van der Waals surface area contributed by atoms with Gasteiger partial charge < -0.3 is 0 Å². The fourth-order valence-electron chi connectivity index (χ4n) is 0.240. The van der Waals surface area contributed by atoms with Crippen molar-refractivity contribution < 1.29 is 0 Å². The molecule has 0 aromatic carbocycles. The highest BCUT2D eigenvalue weighted by molar-refractivity contribution is 7.80. The lowest BCUT2D eigenvalue weighted by Crippen LogP contribution is -2.46. The van der Waals surface area contributed by atoms with Gasteiger partial charge in [-0.25, -0.2) is 11.3 Å². The predicted octanol–water partition coefficient (Wildman–Crippen LogP) is -0.985. The highest BCUT2D eigenvalue weighted by Gasteiger charge is 1.84. The van der Waals surface area contributed by atoms with E-state index in [2.05, 4.69) is 35.1 Å². The van der Waals surface area contributed by atoms with E-state index in [-0.39, 0.29) is 0 Å². The molecule has 0 bridgehead atoms. The minimum Gasteiger partial charge on any atom is -0.300 e. The molecule has 0 amide bonds. The third-order valence-corrected chi connectivity index (χ3v) is 0.799. The summed E-state index contributed by atoms with van der Waals surface area (Å²) >= 11 is 4.62. The molecule has 0 heterocycles. The smallest absolute Gasteiger partial charge is 0.195 e. The second-order valence-electron chi connectivity index (χ2n) is 1.27. The first-order valence-corrected chi connectivity index (χ1v) is 2.82. The summed E-state index contributed by atoms with van der Waals surface area (Å²) in [7, 11) is 0. The van der Waals surface area contributed by atoms with Crippen molar-refractivity contribution in [1.82, 2.24) is 16.3 Å². The van der Waals surface area contributed by atoms with Gasteiger partial charge in [-0.2, -0.15) is 0 Å². The summed E-state index contributed by atoms with van der Waals surface area (Å²) < 4.78 is 0. The molecule has 9 heavy (non-hydrogen) atoms. The van der Waals surface area contributed by atoms with Crippen LogP contribution in [0.25, 0.3) is 0 Å². The highest BCUT2D eigenvalue weighted by atomic mass is 32.1. The Hall–Kier alpha value is -0.650. The lowest BCUT2D eigenvalue weighted by Gasteiger charge is -2.04. The Morgan fingerprint density at radius 2 is 2.44 bits per heavy atom. The van der Waals surface area contributed by atoms with Gasteiger partial charge in [0.1, 0.15) is 0 Å². The molecule has 0 aliphatic carbocycles. The van der Waals surface area contributed by atoms with Crippen molar-refractivity contribution in [2.75, 3.05) is 6.54 Å². The lowest BCUT2D eigenvalue weighted by molar-refractivity contribution is 0.701. The van der Waals surface area contributed by atoms with Gasteiger partial charge in [-0.1, -0.05) is 6.08 Å². The number of hydrazine groups is 2. The third kappa shape index (κ3) is 5.22. The van der Waals surface area contributed by atoms with E-state index in [1.165, 1.54) is 0 Å². The molecule has 0 unspecified atom stereocenters. The first kappa shape index (κ1) is 8.35. The van der Waals surface area contributed by atoms with Crippen LogP contribution >= 0.6 is 12.2 Å². The summed E-state index contributed by atoms with van der Waals surface area (Å²) in [5, 5.41) is 0.358. The quantitative estimate of drug-likeness (QED) is 0.135. The molecule has 0 saturated heterocycles. The van der Waals surface area contributed by atoms with E-state index in [1.54, 1.807) is 6.08 Å². The van der Waals surface area contributed by atoms with Crippen LogP contribution in [0.3, 0.4) is 0 Å². The topological polar surface area (TPSA) is 62.1 Å². The first-order valence-electron chi connectivity index (χ1n) is 2.41. The van der Waals surface area contributed by atoms with Crippen LogP contribution in [0.5, 0.6) is 0 Å². The van der Waals surface area contributed by atoms with Crippen LogP contribution in [-0.4, -0.2) is 11.7 Å². The molecule has 0 spiro atoms. The van der Waals surface area contributed by atoms with E-state index < -0.39 is 0 Å². The van der Waals surface area contributed by atoms with Crippen LogP contribution in [0.2, 0.25) is 0 Å². The Bertz CT molecular complexity index is 103. The van der Waals surface area contributed by atoms with Crippen LogP contribution < -0.4 is 22.1 Å². The van der Waals surface area contributed by atoms with Crippen molar-refractivity contribution in [3.8, 4) is 0 Å². The fraction of sp³-hybridized carbons (Fsp3) is 0.250. The van der Waals surface area contributed by atoms with Crippen LogP contribution in [-0.2, 0) is 0 Å². The Kier molecular flexibility index (Phi) is 5.09. The maximum Gasteiger partial charge on any atom is 0.195 e. The Morgan fingerprint density at radius 3 is 2.89 bits per heavy atom. The fourth-order valence-corrected chi connectivity index (χ4v) is 0.312. The Labute approximate surface area is 59.4 Å². The SMILES string of the molecule is C=CCNNC(=S)NN. The molecular formula is C4H10N4S. The van der Waals surface area contributed by atoms with E-state index >= 15 is 0 Å². The maximum atomic E-state index is 4.93. The van der Waals surface area contributed by atoms with E-state index in [4.69, 9.17) is 5.84 Å². The minimum atomic E-state index is 0.358. The predicted molar refractivity (Wildman–Crippen MR) is 41.3 cm³/mol. The number of hydrogen-bond donors (Lipinski definition) is 4. The van der Waals surface area contributed by atoms with E-state index in [9.17, 15) is 0 Å². The second kappa shape index (κ2) is 5.49. The zero-order valence-corrected chi connectivity index (χ0v) is 5.79. The number of nitrogens with two attached hydrogens (primary N) is 1. The summed E-state index contributed by atoms with van der Waals surface area (Å²) in [4.78, 5) is 0. The van der Waals surface area contributed by atoms with Crippen LogP contribution in [0.15, 0.2) is 12.7 Å². The second-order valence-corrected chi connectivity index (χ2v) is 1.68. The normalized spacial score (nSPS) is 8.11. The zero-order chi connectivity index (χ0) is 7.11. The van der Waals surface area contributed by atoms with E-state index in [1.807, 2.05) is 0 Å². The molecule has 0 aromatic heterocycles. The molecule has 5 heteroatoms. The monoisotopic (exact) mass is 146 g/mol. The van der Waals surface area contributed by atoms with Gasteiger partial charge in [-0.3, -0.25) is 10.9 Å². The molecule has 0 aliphatic heterocycles. The minimum absolute atomic E-state index is 0.358. The summed E-state index contributed by atoms with van der Waals surface area (Å²) in [6.07, 6.45) is 1.70. The van der Waals surface area contributed by atoms with Crippen LogP contribution in [0.1, 0.15) is 0 Å². The van der Waals surface area contributed by atoms with Gasteiger partial charge in [-0.15, -0.1) is 6.58 Å². The summed E-state index contributed by atoms with van der Waals surface area (Å²) in [5.41, 5.74) is 7.59. The van der Waals surface area contributed by atoms with Gasteiger partial charge >= 0.3 is 0 Å². The molecular weight excluding hydrogens is 136 g/mol. The largest absolute Gasteiger partial charge is 0.300 e. The average Bonchev–Trinajstić information content (AvgIpc) is 1.89. The van der Waals surface area contributed by atoms with Crippen molar-refractivity contribution in [1.29, 1.82) is 0 Å².